The lowest BCUT2D eigenvalue weighted by Crippen LogP contribution is -2.38. The SMILES string of the molecule is CC[C@@H](CNC(=O)[C@H](C)Oc1ccc(OC)cc1C=O)c1ccccc1. The molecule has 1 N–H and O–H groups in total. The summed E-state index contributed by atoms with van der Waals surface area (Å²) in [7, 11) is 1.53. The maximum absolute atomic E-state index is 12.4. The maximum atomic E-state index is 12.4. The number of aldehydes is 1. The van der Waals surface area contributed by atoms with E-state index in [9.17, 15) is 9.59 Å². The zero-order chi connectivity index (χ0) is 18.9. The highest BCUT2D eigenvalue weighted by atomic mass is 16.5. The number of benzene rings is 2. The molecular formula is C21H25NO4. The summed E-state index contributed by atoms with van der Waals surface area (Å²) in [6.07, 6.45) is 0.897. The normalized spacial score (nSPS) is 12.7. The van der Waals surface area contributed by atoms with E-state index in [0.717, 1.165) is 6.42 Å². The minimum atomic E-state index is -0.713. The fourth-order valence-corrected chi connectivity index (χ4v) is 2.69. The second-order valence-electron chi connectivity index (χ2n) is 6.04. The number of carbonyl (C=O) groups excluding carboxylic acids is 2. The summed E-state index contributed by atoms with van der Waals surface area (Å²) in [5.41, 5.74) is 1.54. The third-order valence-electron chi connectivity index (χ3n) is 4.30. The van der Waals surface area contributed by atoms with E-state index >= 15 is 0 Å². The number of nitrogens with one attached hydrogen (secondary N) is 1. The number of ether oxygens (including phenoxy) is 2. The van der Waals surface area contributed by atoms with Crippen LogP contribution in [0.15, 0.2) is 48.5 Å². The molecule has 5 heteroatoms. The molecule has 0 radical (unpaired) electrons. The van der Waals surface area contributed by atoms with Crippen molar-refractivity contribution < 1.29 is 19.1 Å². The highest BCUT2D eigenvalue weighted by molar-refractivity contribution is 5.83. The van der Waals surface area contributed by atoms with Crippen LogP contribution in [-0.2, 0) is 4.79 Å². The molecule has 0 saturated carbocycles. The van der Waals surface area contributed by atoms with Gasteiger partial charge in [0.25, 0.3) is 5.91 Å². The predicted octanol–water partition coefficient (Wildman–Crippen LogP) is 3.59. The van der Waals surface area contributed by atoms with Crippen molar-refractivity contribution in [3.05, 3.63) is 59.7 Å². The number of hydrogen-bond acceptors (Lipinski definition) is 4. The minimum absolute atomic E-state index is 0.216. The number of amides is 1. The molecule has 0 aromatic heterocycles. The van der Waals surface area contributed by atoms with Gasteiger partial charge in [-0.1, -0.05) is 37.3 Å². The van der Waals surface area contributed by atoms with Gasteiger partial charge in [0.2, 0.25) is 0 Å². The second-order valence-corrected chi connectivity index (χ2v) is 6.04. The first-order valence-corrected chi connectivity index (χ1v) is 8.71. The number of methoxy groups -OCH3 is 1. The van der Waals surface area contributed by atoms with Gasteiger partial charge in [-0.05, 0) is 37.1 Å². The van der Waals surface area contributed by atoms with Crippen molar-refractivity contribution in [2.24, 2.45) is 0 Å². The van der Waals surface area contributed by atoms with Crippen LogP contribution in [-0.4, -0.2) is 32.0 Å². The molecule has 2 aromatic rings. The molecule has 0 aliphatic carbocycles. The Labute approximate surface area is 154 Å². The molecule has 0 spiro atoms. The largest absolute Gasteiger partial charge is 0.497 e. The van der Waals surface area contributed by atoms with Crippen molar-refractivity contribution in [2.75, 3.05) is 13.7 Å². The number of rotatable bonds is 9. The van der Waals surface area contributed by atoms with Crippen LogP contribution < -0.4 is 14.8 Å². The molecule has 2 aromatic carbocycles. The van der Waals surface area contributed by atoms with E-state index in [-0.39, 0.29) is 11.8 Å². The first-order valence-electron chi connectivity index (χ1n) is 8.71. The molecule has 0 aliphatic heterocycles. The van der Waals surface area contributed by atoms with Crippen molar-refractivity contribution in [1.29, 1.82) is 0 Å². The quantitative estimate of drug-likeness (QED) is 0.698. The molecule has 0 fully saturated rings. The Hall–Kier alpha value is -2.82. The molecule has 26 heavy (non-hydrogen) atoms. The first kappa shape index (κ1) is 19.5. The zero-order valence-corrected chi connectivity index (χ0v) is 15.4. The Morgan fingerprint density at radius 3 is 2.54 bits per heavy atom. The average molecular weight is 355 g/mol. The Kier molecular flexibility index (Phi) is 7.21. The summed E-state index contributed by atoms with van der Waals surface area (Å²) < 4.78 is 10.8. The van der Waals surface area contributed by atoms with Crippen LogP contribution in [0.25, 0.3) is 0 Å². The molecule has 2 atom stereocenters. The summed E-state index contributed by atoms with van der Waals surface area (Å²) in [5, 5.41) is 2.94. The van der Waals surface area contributed by atoms with Gasteiger partial charge in [-0.15, -0.1) is 0 Å². The van der Waals surface area contributed by atoms with Gasteiger partial charge >= 0.3 is 0 Å². The predicted molar refractivity (Wildman–Crippen MR) is 101 cm³/mol. The van der Waals surface area contributed by atoms with E-state index in [2.05, 4.69) is 24.4 Å². The summed E-state index contributed by atoms with van der Waals surface area (Å²) >= 11 is 0. The van der Waals surface area contributed by atoms with Gasteiger partial charge in [-0.2, -0.15) is 0 Å². The monoisotopic (exact) mass is 355 g/mol. The minimum Gasteiger partial charge on any atom is -0.497 e. The Balaban J connectivity index is 1.96. The van der Waals surface area contributed by atoms with E-state index in [1.165, 1.54) is 12.7 Å². The van der Waals surface area contributed by atoms with Crippen LogP contribution >= 0.6 is 0 Å². The van der Waals surface area contributed by atoms with Crippen LogP contribution in [0.5, 0.6) is 11.5 Å². The molecule has 138 valence electrons. The smallest absolute Gasteiger partial charge is 0.260 e. The maximum Gasteiger partial charge on any atom is 0.260 e. The summed E-state index contributed by atoms with van der Waals surface area (Å²) in [6, 6.07) is 15.0. The fraction of sp³-hybridized carbons (Fsp3) is 0.333. The van der Waals surface area contributed by atoms with E-state index in [1.54, 1.807) is 25.1 Å². The molecular weight excluding hydrogens is 330 g/mol. The number of hydrogen-bond donors (Lipinski definition) is 1. The van der Waals surface area contributed by atoms with Crippen molar-refractivity contribution in [1.82, 2.24) is 5.32 Å². The third-order valence-corrected chi connectivity index (χ3v) is 4.30. The van der Waals surface area contributed by atoms with Crippen molar-refractivity contribution >= 4 is 12.2 Å². The molecule has 0 aliphatic rings. The van der Waals surface area contributed by atoms with Gasteiger partial charge < -0.3 is 14.8 Å². The molecule has 0 heterocycles. The summed E-state index contributed by atoms with van der Waals surface area (Å²) in [4.78, 5) is 23.6. The van der Waals surface area contributed by atoms with Crippen LogP contribution in [0.2, 0.25) is 0 Å². The Morgan fingerprint density at radius 2 is 1.92 bits per heavy atom. The van der Waals surface area contributed by atoms with Gasteiger partial charge in [-0.25, -0.2) is 0 Å². The first-order chi connectivity index (χ1) is 12.6. The molecule has 5 nitrogen and oxygen atoms in total. The van der Waals surface area contributed by atoms with E-state index in [4.69, 9.17) is 9.47 Å². The highest BCUT2D eigenvalue weighted by Crippen LogP contribution is 2.24. The van der Waals surface area contributed by atoms with Crippen molar-refractivity contribution in [3.8, 4) is 11.5 Å². The fourth-order valence-electron chi connectivity index (χ4n) is 2.69. The lowest BCUT2D eigenvalue weighted by atomic mass is 9.96. The Morgan fingerprint density at radius 1 is 1.19 bits per heavy atom. The van der Waals surface area contributed by atoms with E-state index in [1.807, 2.05) is 18.2 Å². The average Bonchev–Trinajstić information content (AvgIpc) is 2.69. The van der Waals surface area contributed by atoms with Crippen LogP contribution in [0.3, 0.4) is 0 Å². The lowest BCUT2D eigenvalue weighted by Gasteiger charge is -2.19. The molecule has 1 amide bonds. The standard InChI is InChI=1S/C21H25NO4/c1-4-16(17-8-6-5-7-9-17)13-22-21(24)15(2)26-20-11-10-19(25-3)12-18(20)14-23/h5-12,14-16H,4,13H2,1-3H3,(H,22,24)/t15-,16-/m0/s1. The van der Waals surface area contributed by atoms with Crippen molar-refractivity contribution in [3.63, 3.8) is 0 Å². The van der Waals surface area contributed by atoms with E-state index < -0.39 is 6.10 Å². The Bertz CT molecular complexity index is 730. The van der Waals surface area contributed by atoms with Crippen LogP contribution in [0.4, 0.5) is 0 Å². The topological polar surface area (TPSA) is 64.6 Å². The van der Waals surface area contributed by atoms with Gasteiger partial charge in [0.1, 0.15) is 11.5 Å². The second kappa shape index (κ2) is 9.61. The van der Waals surface area contributed by atoms with E-state index in [0.29, 0.717) is 29.9 Å². The van der Waals surface area contributed by atoms with Gasteiger partial charge in [0.05, 0.1) is 12.7 Å². The highest BCUT2D eigenvalue weighted by Gasteiger charge is 2.18. The van der Waals surface area contributed by atoms with Crippen molar-refractivity contribution in [2.45, 2.75) is 32.3 Å². The molecule has 0 unspecified atom stereocenters. The lowest BCUT2D eigenvalue weighted by molar-refractivity contribution is -0.127. The molecule has 0 bridgehead atoms. The summed E-state index contributed by atoms with van der Waals surface area (Å²) in [5.74, 6) is 0.953. The van der Waals surface area contributed by atoms with Gasteiger partial charge in [-0.3, -0.25) is 9.59 Å². The van der Waals surface area contributed by atoms with Crippen LogP contribution in [0.1, 0.15) is 42.1 Å². The van der Waals surface area contributed by atoms with Gasteiger partial charge in [0.15, 0.2) is 12.4 Å². The zero-order valence-electron chi connectivity index (χ0n) is 15.4. The van der Waals surface area contributed by atoms with Gasteiger partial charge in [0, 0.05) is 12.5 Å². The molecule has 0 saturated heterocycles. The number of carbonyl (C=O) groups is 2. The third kappa shape index (κ3) is 5.09. The van der Waals surface area contributed by atoms with Crippen LogP contribution in [0, 0.1) is 0 Å². The molecule has 2 rings (SSSR count). The summed E-state index contributed by atoms with van der Waals surface area (Å²) in [6.45, 7) is 4.30.